The van der Waals surface area contributed by atoms with E-state index in [-0.39, 0.29) is 0 Å². The summed E-state index contributed by atoms with van der Waals surface area (Å²) in [6.45, 7) is 9.66. The number of nitrogens with one attached hydrogen (secondary N) is 2. The van der Waals surface area contributed by atoms with Crippen molar-refractivity contribution in [1.29, 1.82) is 0 Å². The van der Waals surface area contributed by atoms with Crippen LogP contribution in [-0.2, 0) is 6.42 Å². The Balaban J connectivity index is 2.40. The van der Waals surface area contributed by atoms with Crippen molar-refractivity contribution in [2.24, 2.45) is 0 Å². The third kappa shape index (κ3) is 3.23. The standard InChI is InChI=1S/C11H20N2/c1-8(2)12-6-5-11-7-9(3)13-10(11)4/h7-8,12-13H,5-6H2,1-4H3. The van der Waals surface area contributed by atoms with E-state index in [9.17, 15) is 0 Å². The summed E-state index contributed by atoms with van der Waals surface area (Å²) in [6.07, 6.45) is 1.12. The monoisotopic (exact) mass is 180 g/mol. The van der Waals surface area contributed by atoms with Gasteiger partial charge in [0.15, 0.2) is 0 Å². The molecule has 0 spiro atoms. The van der Waals surface area contributed by atoms with Gasteiger partial charge in [-0.2, -0.15) is 0 Å². The molecule has 1 heterocycles. The third-order valence-corrected chi connectivity index (χ3v) is 2.20. The quantitative estimate of drug-likeness (QED) is 0.730. The Morgan fingerprint density at radius 1 is 1.38 bits per heavy atom. The van der Waals surface area contributed by atoms with E-state index in [1.54, 1.807) is 0 Å². The largest absolute Gasteiger partial charge is 0.362 e. The van der Waals surface area contributed by atoms with E-state index >= 15 is 0 Å². The molecule has 0 atom stereocenters. The van der Waals surface area contributed by atoms with E-state index < -0.39 is 0 Å². The summed E-state index contributed by atoms with van der Waals surface area (Å²) in [7, 11) is 0. The van der Waals surface area contributed by atoms with Crippen LogP contribution in [0.1, 0.15) is 30.8 Å². The lowest BCUT2D eigenvalue weighted by molar-refractivity contribution is 0.590. The van der Waals surface area contributed by atoms with Crippen LogP contribution in [0.3, 0.4) is 0 Å². The van der Waals surface area contributed by atoms with Gasteiger partial charge in [0, 0.05) is 17.4 Å². The molecule has 0 fully saturated rings. The van der Waals surface area contributed by atoms with Crippen molar-refractivity contribution in [3.63, 3.8) is 0 Å². The molecule has 0 aliphatic carbocycles. The average molecular weight is 180 g/mol. The van der Waals surface area contributed by atoms with Crippen LogP contribution in [0.25, 0.3) is 0 Å². The molecule has 74 valence electrons. The molecule has 2 nitrogen and oxygen atoms in total. The molecule has 0 saturated heterocycles. The van der Waals surface area contributed by atoms with Crippen LogP contribution >= 0.6 is 0 Å². The van der Waals surface area contributed by atoms with Crippen LogP contribution in [0.4, 0.5) is 0 Å². The van der Waals surface area contributed by atoms with E-state index in [0.29, 0.717) is 6.04 Å². The Kier molecular flexibility index (Phi) is 3.55. The van der Waals surface area contributed by atoms with Gasteiger partial charge in [-0.3, -0.25) is 0 Å². The lowest BCUT2D eigenvalue weighted by Crippen LogP contribution is -2.24. The molecule has 1 aromatic rings. The fourth-order valence-corrected chi connectivity index (χ4v) is 1.54. The van der Waals surface area contributed by atoms with Crippen molar-refractivity contribution in [3.05, 3.63) is 23.0 Å². The number of H-pyrrole nitrogens is 1. The summed E-state index contributed by atoms with van der Waals surface area (Å²) in [4.78, 5) is 3.32. The second-order valence-corrected chi connectivity index (χ2v) is 3.96. The SMILES string of the molecule is Cc1cc(CCNC(C)C)c(C)[nH]1. The summed E-state index contributed by atoms with van der Waals surface area (Å²) in [5, 5.41) is 3.42. The van der Waals surface area contributed by atoms with Gasteiger partial charge in [0.25, 0.3) is 0 Å². The van der Waals surface area contributed by atoms with Crippen molar-refractivity contribution in [1.82, 2.24) is 10.3 Å². The fourth-order valence-electron chi connectivity index (χ4n) is 1.54. The second-order valence-electron chi connectivity index (χ2n) is 3.96. The highest BCUT2D eigenvalue weighted by Crippen LogP contribution is 2.09. The topological polar surface area (TPSA) is 27.8 Å². The Morgan fingerprint density at radius 2 is 2.08 bits per heavy atom. The predicted molar refractivity (Wildman–Crippen MR) is 57.1 cm³/mol. The highest BCUT2D eigenvalue weighted by atomic mass is 14.9. The van der Waals surface area contributed by atoms with E-state index in [1.807, 2.05) is 0 Å². The molecule has 0 aliphatic heterocycles. The first kappa shape index (κ1) is 10.3. The van der Waals surface area contributed by atoms with Gasteiger partial charge >= 0.3 is 0 Å². The van der Waals surface area contributed by atoms with Crippen LogP contribution in [-0.4, -0.2) is 17.6 Å². The lowest BCUT2D eigenvalue weighted by Gasteiger charge is -2.06. The maximum Gasteiger partial charge on any atom is 0.0150 e. The molecular weight excluding hydrogens is 160 g/mol. The minimum absolute atomic E-state index is 0.584. The molecule has 0 saturated carbocycles. The summed E-state index contributed by atoms with van der Waals surface area (Å²) in [5.74, 6) is 0. The maximum atomic E-state index is 3.42. The molecule has 0 amide bonds. The second kappa shape index (κ2) is 4.47. The van der Waals surface area contributed by atoms with E-state index in [2.05, 4.69) is 44.1 Å². The molecular formula is C11H20N2. The maximum absolute atomic E-state index is 3.42. The van der Waals surface area contributed by atoms with Gasteiger partial charge in [-0.15, -0.1) is 0 Å². The minimum Gasteiger partial charge on any atom is -0.362 e. The highest BCUT2D eigenvalue weighted by Gasteiger charge is 2.01. The van der Waals surface area contributed by atoms with Gasteiger partial charge in [-0.25, -0.2) is 0 Å². The molecule has 0 aromatic carbocycles. The summed E-state index contributed by atoms with van der Waals surface area (Å²) < 4.78 is 0. The predicted octanol–water partition coefficient (Wildman–Crippen LogP) is 2.17. The van der Waals surface area contributed by atoms with Gasteiger partial charge in [0.2, 0.25) is 0 Å². The fraction of sp³-hybridized carbons (Fsp3) is 0.636. The molecule has 0 unspecified atom stereocenters. The first-order valence-electron chi connectivity index (χ1n) is 4.98. The van der Waals surface area contributed by atoms with Crippen molar-refractivity contribution in [2.75, 3.05) is 6.54 Å². The zero-order chi connectivity index (χ0) is 9.84. The Hall–Kier alpha value is -0.760. The zero-order valence-corrected chi connectivity index (χ0v) is 9.07. The number of aromatic nitrogens is 1. The molecule has 0 bridgehead atoms. The number of aromatic amines is 1. The Morgan fingerprint density at radius 3 is 2.54 bits per heavy atom. The zero-order valence-electron chi connectivity index (χ0n) is 9.07. The number of hydrogen-bond acceptors (Lipinski definition) is 1. The van der Waals surface area contributed by atoms with Crippen LogP contribution in [0, 0.1) is 13.8 Å². The van der Waals surface area contributed by atoms with E-state index in [1.165, 1.54) is 17.0 Å². The average Bonchev–Trinajstić information content (AvgIpc) is 2.29. The van der Waals surface area contributed by atoms with Gasteiger partial charge in [0.05, 0.1) is 0 Å². The first-order valence-corrected chi connectivity index (χ1v) is 4.98. The van der Waals surface area contributed by atoms with Crippen molar-refractivity contribution >= 4 is 0 Å². The summed E-state index contributed by atoms with van der Waals surface area (Å²) in [6, 6.07) is 2.82. The Bertz CT molecular complexity index is 261. The number of aryl methyl sites for hydroxylation is 2. The molecule has 2 heteroatoms. The highest BCUT2D eigenvalue weighted by molar-refractivity contribution is 5.24. The molecule has 0 aliphatic rings. The van der Waals surface area contributed by atoms with Gasteiger partial charge in [-0.1, -0.05) is 13.8 Å². The van der Waals surface area contributed by atoms with Gasteiger partial charge in [-0.05, 0) is 38.4 Å². The third-order valence-electron chi connectivity index (χ3n) is 2.20. The summed E-state index contributed by atoms with van der Waals surface area (Å²) >= 11 is 0. The van der Waals surface area contributed by atoms with Crippen molar-refractivity contribution in [3.8, 4) is 0 Å². The van der Waals surface area contributed by atoms with E-state index in [4.69, 9.17) is 0 Å². The molecule has 1 aromatic heterocycles. The number of rotatable bonds is 4. The summed E-state index contributed by atoms with van der Waals surface area (Å²) in [5.41, 5.74) is 4.01. The molecule has 0 radical (unpaired) electrons. The molecule has 1 rings (SSSR count). The number of hydrogen-bond donors (Lipinski definition) is 2. The first-order chi connectivity index (χ1) is 6.09. The Labute approximate surface area is 80.7 Å². The van der Waals surface area contributed by atoms with Gasteiger partial charge in [0.1, 0.15) is 0 Å². The smallest absolute Gasteiger partial charge is 0.0150 e. The van der Waals surface area contributed by atoms with Crippen LogP contribution < -0.4 is 5.32 Å². The van der Waals surface area contributed by atoms with Crippen LogP contribution in [0.2, 0.25) is 0 Å². The normalized spacial score (nSPS) is 11.2. The van der Waals surface area contributed by atoms with E-state index in [0.717, 1.165) is 13.0 Å². The minimum atomic E-state index is 0.584. The lowest BCUT2D eigenvalue weighted by atomic mass is 10.2. The van der Waals surface area contributed by atoms with Crippen LogP contribution in [0.5, 0.6) is 0 Å². The van der Waals surface area contributed by atoms with Crippen molar-refractivity contribution in [2.45, 2.75) is 40.2 Å². The van der Waals surface area contributed by atoms with Crippen molar-refractivity contribution < 1.29 is 0 Å². The molecule has 2 N–H and O–H groups in total. The molecule has 13 heavy (non-hydrogen) atoms. The van der Waals surface area contributed by atoms with Gasteiger partial charge < -0.3 is 10.3 Å². The van der Waals surface area contributed by atoms with Crippen LogP contribution in [0.15, 0.2) is 6.07 Å².